The lowest BCUT2D eigenvalue weighted by atomic mass is 9.86. The fourth-order valence-corrected chi connectivity index (χ4v) is 6.41. The van der Waals surface area contributed by atoms with Crippen LogP contribution < -0.4 is 14.4 Å². The van der Waals surface area contributed by atoms with Gasteiger partial charge in [-0.05, 0) is 66.8 Å². The summed E-state index contributed by atoms with van der Waals surface area (Å²) in [6.07, 6.45) is 0.0303. The molecule has 2 atom stereocenters. The van der Waals surface area contributed by atoms with Crippen molar-refractivity contribution in [2.45, 2.75) is 62.0 Å². The van der Waals surface area contributed by atoms with Crippen molar-refractivity contribution in [2.75, 3.05) is 17.1 Å². The van der Waals surface area contributed by atoms with Gasteiger partial charge in [-0.15, -0.1) is 0 Å². The van der Waals surface area contributed by atoms with E-state index in [0.29, 0.717) is 17.0 Å². The minimum atomic E-state index is -4.00. The summed E-state index contributed by atoms with van der Waals surface area (Å²) in [6.45, 7) is 9.56. The molecule has 1 heterocycles. The van der Waals surface area contributed by atoms with Crippen molar-refractivity contribution in [1.82, 2.24) is 5.32 Å². The number of fused-ring (bicyclic) bond motifs is 1. The largest absolute Gasteiger partial charge is 0.476 e. The van der Waals surface area contributed by atoms with E-state index < -0.39 is 37.9 Å². The first-order chi connectivity index (χ1) is 18.1. The van der Waals surface area contributed by atoms with Crippen LogP contribution in [0.1, 0.15) is 50.4 Å². The molecule has 0 radical (unpaired) electrons. The topological polar surface area (TPSA) is 110 Å². The van der Waals surface area contributed by atoms with Crippen LogP contribution in [0.15, 0.2) is 76.5 Å². The van der Waals surface area contributed by atoms with E-state index >= 15 is 0 Å². The third-order valence-corrected chi connectivity index (χ3v) is 9.69. The van der Waals surface area contributed by atoms with E-state index in [1.807, 2.05) is 33.8 Å². The van der Waals surface area contributed by atoms with Crippen LogP contribution in [-0.2, 0) is 30.1 Å². The molecule has 0 saturated heterocycles. The molecule has 0 fully saturated rings. The second kappa shape index (κ2) is 10.3. The first-order valence-electron chi connectivity index (χ1n) is 12.6. The van der Waals surface area contributed by atoms with E-state index in [2.05, 4.69) is 5.32 Å². The average Bonchev–Trinajstić information content (AvgIpc) is 2.86. The molecule has 3 aromatic rings. The Morgan fingerprint density at radius 3 is 2.10 bits per heavy atom. The molecule has 1 N–H and O–H groups in total. The summed E-state index contributed by atoms with van der Waals surface area (Å²) in [5.41, 5.74) is 2.72. The molecule has 3 aromatic carbocycles. The number of amides is 1. The molecular weight excluding hydrogens is 536 g/mol. The quantitative estimate of drug-likeness (QED) is 0.466. The Kier molecular flexibility index (Phi) is 7.57. The van der Waals surface area contributed by atoms with Crippen LogP contribution in [0.3, 0.4) is 0 Å². The summed E-state index contributed by atoms with van der Waals surface area (Å²) in [4.78, 5) is 13.7. The molecule has 1 aliphatic rings. The highest BCUT2D eigenvalue weighted by atomic mass is 32.2. The Labute approximate surface area is 231 Å². The van der Waals surface area contributed by atoms with Gasteiger partial charge in [0.05, 0.1) is 28.1 Å². The van der Waals surface area contributed by atoms with Gasteiger partial charge in [-0.2, -0.15) is 0 Å². The maximum Gasteiger partial charge on any atom is 0.264 e. The zero-order valence-electron chi connectivity index (χ0n) is 22.9. The van der Waals surface area contributed by atoms with Gasteiger partial charge < -0.3 is 10.1 Å². The number of aryl methyl sites for hydroxylation is 1. The molecule has 0 bridgehead atoms. The number of hydrogen-bond acceptors (Lipinski definition) is 6. The number of hydrogen-bond donors (Lipinski definition) is 1. The summed E-state index contributed by atoms with van der Waals surface area (Å²) in [7, 11) is -7.35. The van der Waals surface area contributed by atoms with Gasteiger partial charge in [-0.3, -0.25) is 9.10 Å². The van der Waals surface area contributed by atoms with Gasteiger partial charge in [0, 0.05) is 6.26 Å². The van der Waals surface area contributed by atoms with E-state index in [9.17, 15) is 21.6 Å². The molecule has 0 aliphatic carbocycles. The summed E-state index contributed by atoms with van der Waals surface area (Å²) >= 11 is 0. The summed E-state index contributed by atoms with van der Waals surface area (Å²) in [5.74, 6) is -0.181. The molecule has 1 amide bonds. The zero-order chi connectivity index (χ0) is 28.8. The predicted octanol–water partition coefficient (Wildman–Crippen LogP) is 4.53. The van der Waals surface area contributed by atoms with E-state index in [0.717, 1.165) is 17.4 Å². The van der Waals surface area contributed by atoms with Crippen molar-refractivity contribution in [2.24, 2.45) is 0 Å². The minimum Gasteiger partial charge on any atom is -0.476 e. The van der Waals surface area contributed by atoms with Crippen LogP contribution in [-0.4, -0.2) is 41.6 Å². The fourth-order valence-electron chi connectivity index (χ4n) is 4.31. The highest BCUT2D eigenvalue weighted by molar-refractivity contribution is 7.92. The Hall–Kier alpha value is -3.37. The fraction of sp³-hybridized carbons (Fsp3) is 0.345. The molecule has 0 aromatic heterocycles. The Bertz CT molecular complexity index is 1590. The van der Waals surface area contributed by atoms with Crippen molar-refractivity contribution in [3.8, 4) is 5.75 Å². The number of carbonyl (C=O) groups is 1. The molecule has 208 valence electrons. The third kappa shape index (κ3) is 6.12. The number of sulfone groups is 1. The molecule has 0 spiro atoms. The van der Waals surface area contributed by atoms with Crippen LogP contribution in [0.5, 0.6) is 5.75 Å². The van der Waals surface area contributed by atoms with Gasteiger partial charge >= 0.3 is 0 Å². The van der Waals surface area contributed by atoms with Crippen molar-refractivity contribution >= 4 is 31.5 Å². The van der Waals surface area contributed by atoms with Crippen LogP contribution in [0, 0.1) is 6.92 Å². The SMILES string of the molecule is Cc1ccc(S(=O)(=O)N2C[C@H](C(=O)N[C@H](C)c3ccc(S(C)(=O)=O)cc3)Oc3ccc(C(C)(C)C)cc32)cc1. The Morgan fingerprint density at radius 1 is 0.949 bits per heavy atom. The number of anilines is 1. The molecule has 8 nitrogen and oxygen atoms in total. The molecule has 0 saturated carbocycles. The number of ether oxygens (including phenoxy) is 1. The van der Waals surface area contributed by atoms with Gasteiger partial charge in [-0.1, -0.05) is 56.7 Å². The Morgan fingerprint density at radius 2 is 1.54 bits per heavy atom. The number of benzene rings is 3. The van der Waals surface area contributed by atoms with Crippen molar-refractivity contribution < 1.29 is 26.4 Å². The summed E-state index contributed by atoms with van der Waals surface area (Å²) in [5, 5.41) is 2.87. The normalized spacial score (nSPS) is 16.7. The molecular formula is C29H34N2O6S2. The van der Waals surface area contributed by atoms with Gasteiger partial charge in [0.2, 0.25) is 0 Å². The number of nitrogens with one attached hydrogen (secondary N) is 1. The molecule has 39 heavy (non-hydrogen) atoms. The highest BCUT2D eigenvalue weighted by Gasteiger charge is 2.38. The van der Waals surface area contributed by atoms with E-state index in [1.165, 1.54) is 16.4 Å². The highest BCUT2D eigenvalue weighted by Crippen LogP contribution is 2.40. The zero-order valence-corrected chi connectivity index (χ0v) is 24.6. The average molecular weight is 571 g/mol. The lowest BCUT2D eigenvalue weighted by Gasteiger charge is -2.36. The van der Waals surface area contributed by atoms with Crippen LogP contribution in [0.2, 0.25) is 0 Å². The van der Waals surface area contributed by atoms with Crippen LogP contribution >= 0.6 is 0 Å². The van der Waals surface area contributed by atoms with Crippen LogP contribution in [0.4, 0.5) is 5.69 Å². The second-order valence-electron chi connectivity index (χ2n) is 11.0. The first kappa shape index (κ1) is 28.6. The van der Waals surface area contributed by atoms with E-state index in [1.54, 1.807) is 55.5 Å². The van der Waals surface area contributed by atoms with Gasteiger partial charge in [-0.25, -0.2) is 16.8 Å². The maximum atomic E-state index is 13.8. The van der Waals surface area contributed by atoms with E-state index in [4.69, 9.17) is 4.74 Å². The van der Waals surface area contributed by atoms with Crippen molar-refractivity contribution in [3.05, 3.63) is 83.4 Å². The van der Waals surface area contributed by atoms with Crippen molar-refractivity contribution in [3.63, 3.8) is 0 Å². The summed E-state index contributed by atoms with van der Waals surface area (Å²) < 4.78 is 58.5. The minimum absolute atomic E-state index is 0.126. The number of sulfonamides is 1. The van der Waals surface area contributed by atoms with Crippen LogP contribution in [0.25, 0.3) is 0 Å². The van der Waals surface area contributed by atoms with Crippen molar-refractivity contribution in [1.29, 1.82) is 0 Å². The Balaban J connectivity index is 1.66. The second-order valence-corrected chi connectivity index (χ2v) is 14.8. The monoisotopic (exact) mass is 570 g/mol. The molecule has 4 rings (SSSR count). The standard InChI is InChI=1S/C29H34N2O6S2/c1-19-7-12-24(13-8-19)39(35,36)31-18-27(37-26-16-11-22(17-25(26)31)29(3,4)5)28(32)30-20(2)21-9-14-23(15-10-21)38(6,33)34/h7-17,20,27H,18H2,1-6H3,(H,30,32)/t20-,27-/m1/s1. The molecule has 1 aliphatic heterocycles. The van der Waals surface area contributed by atoms with Gasteiger partial charge in [0.1, 0.15) is 5.75 Å². The number of nitrogens with zero attached hydrogens (tertiary/aromatic N) is 1. The predicted molar refractivity (Wildman–Crippen MR) is 151 cm³/mol. The van der Waals surface area contributed by atoms with Gasteiger partial charge in [0.15, 0.2) is 15.9 Å². The van der Waals surface area contributed by atoms with E-state index in [-0.39, 0.29) is 21.8 Å². The molecule has 0 unspecified atom stereocenters. The maximum absolute atomic E-state index is 13.8. The number of rotatable bonds is 6. The smallest absolute Gasteiger partial charge is 0.264 e. The summed E-state index contributed by atoms with van der Waals surface area (Å²) in [6, 6.07) is 17.8. The molecule has 10 heteroatoms. The lowest BCUT2D eigenvalue weighted by Crippen LogP contribution is -2.51. The first-order valence-corrected chi connectivity index (χ1v) is 15.9. The van der Waals surface area contributed by atoms with Gasteiger partial charge in [0.25, 0.3) is 15.9 Å². The number of carbonyl (C=O) groups excluding carboxylic acids is 1. The third-order valence-electron chi connectivity index (χ3n) is 6.76. The lowest BCUT2D eigenvalue weighted by molar-refractivity contribution is -0.128.